The van der Waals surface area contributed by atoms with Crippen molar-refractivity contribution in [3.05, 3.63) is 24.8 Å². The van der Waals surface area contributed by atoms with Crippen LogP contribution in [0.5, 0.6) is 0 Å². The van der Waals surface area contributed by atoms with Crippen molar-refractivity contribution in [2.45, 2.75) is 63.0 Å². The van der Waals surface area contributed by atoms with Gasteiger partial charge in [0.1, 0.15) is 24.4 Å². The minimum absolute atomic E-state index is 0.115. The zero-order valence-corrected chi connectivity index (χ0v) is 13.5. The van der Waals surface area contributed by atoms with Gasteiger partial charge in [-0.15, -0.1) is 6.58 Å². The van der Waals surface area contributed by atoms with Gasteiger partial charge in [-0.2, -0.15) is 0 Å². The minimum Gasteiger partial charge on any atom is -0.394 e. The van der Waals surface area contributed by atoms with Crippen LogP contribution in [0.1, 0.15) is 26.7 Å². The fourth-order valence-electron chi connectivity index (χ4n) is 2.21. The van der Waals surface area contributed by atoms with E-state index in [4.69, 9.17) is 14.6 Å². The lowest BCUT2D eigenvalue weighted by atomic mass is 9.95. The van der Waals surface area contributed by atoms with E-state index >= 15 is 0 Å². The summed E-state index contributed by atoms with van der Waals surface area (Å²) in [5.41, 5.74) is -0.567. The quantitative estimate of drug-likeness (QED) is 0.356. The standard InChI is InChI=1S/C16H26O7/c1-5-16(4,7-6-10(18)9(2)3)23-15-14(21)13(20)12(19)11(8-17)22-15/h5,11-15,17,19-21H,1-2,6-8H2,3-4H3/t11-,12-,13+,14-,15+,16+/m1/s1. The number of carbonyl (C=O) groups excluding carboxylic acids is 1. The van der Waals surface area contributed by atoms with Crippen LogP contribution in [-0.2, 0) is 14.3 Å². The number of carbonyl (C=O) groups is 1. The molecule has 6 atom stereocenters. The second kappa shape index (κ2) is 8.14. The molecule has 1 saturated heterocycles. The summed E-state index contributed by atoms with van der Waals surface area (Å²) >= 11 is 0. The number of hydrogen-bond acceptors (Lipinski definition) is 7. The summed E-state index contributed by atoms with van der Waals surface area (Å²) in [6.07, 6.45) is -4.86. The molecule has 1 heterocycles. The molecule has 0 aliphatic carbocycles. The normalized spacial score (nSPS) is 33.7. The van der Waals surface area contributed by atoms with Gasteiger partial charge in [0.15, 0.2) is 12.1 Å². The summed E-state index contributed by atoms with van der Waals surface area (Å²) in [5.74, 6) is -0.115. The molecule has 4 N–H and O–H groups in total. The lowest BCUT2D eigenvalue weighted by Gasteiger charge is -2.42. The van der Waals surface area contributed by atoms with Gasteiger partial charge >= 0.3 is 0 Å². The maximum Gasteiger partial charge on any atom is 0.187 e. The lowest BCUT2D eigenvalue weighted by Crippen LogP contribution is -2.60. The largest absolute Gasteiger partial charge is 0.394 e. The molecule has 0 aromatic heterocycles. The third kappa shape index (κ3) is 4.94. The third-order valence-corrected chi connectivity index (χ3v) is 3.99. The highest BCUT2D eigenvalue weighted by molar-refractivity contribution is 5.94. The van der Waals surface area contributed by atoms with Crippen molar-refractivity contribution >= 4 is 5.78 Å². The molecule has 1 fully saturated rings. The maximum absolute atomic E-state index is 11.7. The average molecular weight is 330 g/mol. The second-order valence-electron chi connectivity index (χ2n) is 6.04. The van der Waals surface area contributed by atoms with Gasteiger partial charge in [0.05, 0.1) is 12.2 Å². The Kier molecular flexibility index (Phi) is 7.06. The van der Waals surface area contributed by atoms with Crippen molar-refractivity contribution in [1.29, 1.82) is 0 Å². The zero-order chi connectivity index (χ0) is 17.8. The summed E-state index contributed by atoms with van der Waals surface area (Å²) in [6.45, 7) is 9.98. The molecule has 1 rings (SSSR count). The van der Waals surface area contributed by atoms with Crippen molar-refractivity contribution in [3.63, 3.8) is 0 Å². The van der Waals surface area contributed by atoms with Crippen LogP contribution >= 0.6 is 0 Å². The van der Waals surface area contributed by atoms with Crippen LogP contribution in [0.2, 0.25) is 0 Å². The molecule has 0 radical (unpaired) electrons. The van der Waals surface area contributed by atoms with Crippen LogP contribution < -0.4 is 0 Å². The summed E-state index contributed by atoms with van der Waals surface area (Å²) < 4.78 is 11.0. The smallest absolute Gasteiger partial charge is 0.187 e. The van der Waals surface area contributed by atoms with Gasteiger partial charge in [0.2, 0.25) is 0 Å². The molecule has 132 valence electrons. The highest BCUT2D eigenvalue weighted by atomic mass is 16.7. The summed E-state index contributed by atoms with van der Waals surface area (Å²) in [6, 6.07) is 0. The van der Waals surface area contributed by atoms with Gasteiger partial charge in [0.25, 0.3) is 0 Å². The number of ketones is 1. The maximum atomic E-state index is 11.7. The van der Waals surface area contributed by atoms with Crippen LogP contribution in [0.3, 0.4) is 0 Å². The average Bonchev–Trinajstić information content (AvgIpc) is 2.53. The molecule has 0 bridgehead atoms. The third-order valence-electron chi connectivity index (χ3n) is 3.99. The first-order chi connectivity index (χ1) is 10.6. The molecule has 0 unspecified atom stereocenters. The first kappa shape index (κ1) is 20.0. The van der Waals surface area contributed by atoms with Crippen molar-refractivity contribution in [1.82, 2.24) is 0 Å². The number of aliphatic hydroxyl groups is 4. The molecule has 7 nitrogen and oxygen atoms in total. The highest BCUT2D eigenvalue weighted by Crippen LogP contribution is 2.29. The predicted octanol–water partition coefficient (Wildman–Crippen LogP) is -0.327. The van der Waals surface area contributed by atoms with Crippen LogP contribution in [0.15, 0.2) is 24.8 Å². The molecule has 0 spiro atoms. The van der Waals surface area contributed by atoms with Crippen molar-refractivity contribution in [2.75, 3.05) is 6.61 Å². The van der Waals surface area contributed by atoms with E-state index in [0.717, 1.165) is 0 Å². The van der Waals surface area contributed by atoms with E-state index in [2.05, 4.69) is 13.2 Å². The van der Waals surface area contributed by atoms with E-state index < -0.39 is 42.9 Å². The number of hydrogen-bond donors (Lipinski definition) is 4. The summed E-state index contributed by atoms with van der Waals surface area (Å²) in [5, 5.41) is 38.7. The molecule has 23 heavy (non-hydrogen) atoms. The van der Waals surface area contributed by atoms with Gasteiger partial charge in [-0.3, -0.25) is 4.79 Å². The van der Waals surface area contributed by atoms with Gasteiger partial charge in [-0.1, -0.05) is 12.7 Å². The highest BCUT2D eigenvalue weighted by Gasteiger charge is 2.46. The van der Waals surface area contributed by atoms with E-state index in [1.165, 1.54) is 6.08 Å². The Balaban J connectivity index is 2.78. The fraction of sp³-hybridized carbons (Fsp3) is 0.688. The van der Waals surface area contributed by atoms with Gasteiger partial charge < -0.3 is 29.9 Å². The molecule has 0 saturated carbocycles. The van der Waals surface area contributed by atoms with Crippen LogP contribution in [-0.4, -0.2) is 69.1 Å². The topological polar surface area (TPSA) is 116 Å². The Bertz CT molecular complexity index is 448. The monoisotopic (exact) mass is 330 g/mol. The molecule has 1 aliphatic heterocycles. The Hall–Kier alpha value is -1.09. The first-order valence-corrected chi connectivity index (χ1v) is 7.46. The fourth-order valence-corrected chi connectivity index (χ4v) is 2.21. The Morgan fingerprint density at radius 3 is 2.39 bits per heavy atom. The predicted molar refractivity (Wildman–Crippen MR) is 82.5 cm³/mol. The number of aliphatic hydroxyl groups excluding tert-OH is 4. The van der Waals surface area contributed by atoms with E-state index in [0.29, 0.717) is 5.57 Å². The van der Waals surface area contributed by atoms with Gasteiger partial charge in [0, 0.05) is 6.42 Å². The molecular weight excluding hydrogens is 304 g/mol. The second-order valence-corrected chi connectivity index (χ2v) is 6.04. The van der Waals surface area contributed by atoms with Crippen molar-refractivity contribution in [2.24, 2.45) is 0 Å². The molecular formula is C16H26O7. The summed E-state index contributed by atoms with van der Waals surface area (Å²) in [7, 11) is 0. The van der Waals surface area contributed by atoms with Crippen molar-refractivity contribution < 1.29 is 34.7 Å². The Morgan fingerprint density at radius 2 is 1.91 bits per heavy atom. The number of allylic oxidation sites excluding steroid dienone is 1. The summed E-state index contributed by atoms with van der Waals surface area (Å²) in [4.78, 5) is 11.7. The van der Waals surface area contributed by atoms with Gasteiger partial charge in [-0.05, 0) is 25.8 Å². The molecule has 0 amide bonds. The van der Waals surface area contributed by atoms with Crippen LogP contribution in [0.25, 0.3) is 0 Å². The molecule has 1 aliphatic rings. The zero-order valence-electron chi connectivity index (χ0n) is 13.5. The van der Waals surface area contributed by atoms with E-state index in [1.807, 2.05) is 0 Å². The van der Waals surface area contributed by atoms with E-state index in [-0.39, 0.29) is 18.6 Å². The van der Waals surface area contributed by atoms with Crippen molar-refractivity contribution in [3.8, 4) is 0 Å². The van der Waals surface area contributed by atoms with E-state index in [1.54, 1.807) is 13.8 Å². The van der Waals surface area contributed by atoms with E-state index in [9.17, 15) is 20.1 Å². The van der Waals surface area contributed by atoms with Crippen LogP contribution in [0, 0.1) is 0 Å². The SMILES string of the molecule is C=C[C@@](C)(CCC(=O)C(=C)C)O[C@@H]1O[C@H](CO)[C@@H](O)[C@H](O)[C@H]1O. The molecule has 0 aromatic carbocycles. The van der Waals surface area contributed by atoms with Crippen LogP contribution in [0.4, 0.5) is 0 Å². The number of rotatable bonds is 8. The lowest BCUT2D eigenvalue weighted by molar-refractivity contribution is -0.319. The number of Topliss-reactive ketones (excluding diaryl/α,β-unsaturated/α-hetero) is 1. The number of ether oxygens (including phenoxy) is 2. The van der Waals surface area contributed by atoms with Gasteiger partial charge in [-0.25, -0.2) is 0 Å². The molecule has 0 aromatic rings. The minimum atomic E-state index is -1.52. The molecule has 7 heteroatoms. The Morgan fingerprint density at radius 1 is 1.30 bits per heavy atom. The Labute approximate surface area is 135 Å². The first-order valence-electron chi connectivity index (χ1n) is 7.46.